The largest absolute Gasteiger partial charge is 0.398 e. The summed E-state index contributed by atoms with van der Waals surface area (Å²) in [6.07, 6.45) is 3.98. The van der Waals surface area contributed by atoms with Crippen molar-refractivity contribution in [3.63, 3.8) is 0 Å². The summed E-state index contributed by atoms with van der Waals surface area (Å²) >= 11 is 5.91. The standard InChI is InChI=1S/C14H12ClN/c15-13-8-9-14(16)12(10-13)7-6-11-4-2-1-3-5-11/h1-10H,16H2/b7-6+. The molecular formula is C14H12ClN. The zero-order valence-corrected chi connectivity index (χ0v) is 9.48. The minimum absolute atomic E-state index is 0.696. The fourth-order valence-electron chi connectivity index (χ4n) is 1.44. The fourth-order valence-corrected chi connectivity index (χ4v) is 1.62. The van der Waals surface area contributed by atoms with Gasteiger partial charge in [-0.05, 0) is 29.3 Å². The van der Waals surface area contributed by atoms with Gasteiger partial charge in [-0.3, -0.25) is 0 Å². The summed E-state index contributed by atoms with van der Waals surface area (Å²) in [6, 6.07) is 15.5. The molecule has 2 aromatic carbocycles. The van der Waals surface area contributed by atoms with Crippen LogP contribution < -0.4 is 5.73 Å². The summed E-state index contributed by atoms with van der Waals surface area (Å²) in [7, 11) is 0. The van der Waals surface area contributed by atoms with E-state index in [0.717, 1.165) is 16.8 Å². The van der Waals surface area contributed by atoms with Gasteiger partial charge in [-0.1, -0.05) is 54.1 Å². The van der Waals surface area contributed by atoms with E-state index in [4.69, 9.17) is 17.3 Å². The van der Waals surface area contributed by atoms with Crippen LogP contribution in [0.15, 0.2) is 48.5 Å². The third kappa shape index (κ3) is 2.65. The molecule has 0 aromatic heterocycles. The maximum absolute atomic E-state index is 5.91. The summed E-state index contributed by atoms with van der Waals surface area (Å²) in [4.78, 5) is 0. The average molecular weight is 230 g/mol. The Bertz CT molecular complexity index is 503. The molecule has 1 nitrogen and oxygen atoms in total. The van der Waals surface area contributed by atoms with Crippen LogP contribution in [0.1, 0.15) is 11.1 Å². The highest BCUT2D eigenvalue weighted by Crippen LogP contribution is 2.20. The lowest BCUT2D eigenvalue weighted by atomic mass is 10.1. The Hall–Kier alpha value is -1.73. The minimum atomic E-state index is 0.696. The predicted molar refractivity (Wildman–Crippen MR) is 71.2 cm³/mol. The maximum atomic E-state index is 5.91. The molecule has 2 aromatic rings. The SMILES string of the molecule is Nc1ccc(Cl)cc1/C=C/c1ccccc1. The number of hydrogen-bond donors (Lipinski definition) is 1. The molecular weight excluding hydrogens is 218 g/mol. The van der Waals surface area contributed by atoms with Crippen molar-refractivity contribution in [2.24, 2.45) is 0 Å². The molecule has 0 spiro atoms. The molecule has 0 bridgehead atoms. The van der Waals surface area contributed by atoms with E-state index < -0.39 is 0 Å². The van der Waals surface area contributed by atoms with E-state index in [-0.39, 0.29) is 0 Å². The molecule has 0 aliphatic heterocycles. The Kier molecular flexibility index (Phi) is 3.28. The van der Waals surface area contributed by atoms with Crippen molar-refractivity contribution in [1.82, 2.24) is 0 Å². The Morgan fingerprint density at radius 3 is 2.44 bits per heavy atom. The molecule has 80 valence electrons. The number of halogens is 1. The van der Waals surface area contributed by atoms with Gasteiger partial charge in [0.25, 0.3) is 0 Å². The molecule has 0 unspecified atom stereocenters. The van der Waals surface area contributed by atoms with Gasteiger partial charge in [-0.15, -0.1) is 0 Å². The number of rotatable bonds is 2. The van der Waals surface area contributed by atoms with E-state index in [2.05, 4.69) is 0 Å². The zero-order valence-electron chi connectivity index (χ0n) is 8.73. The van der Waals surface area contributed by atoms with Crippen LogP contribution in [0.5, 0.6) is 0 Å². The van der Waals surface area contributed by atoms with Crippen LogP contribution in [0.25, 0.3) is 12.2 Å². The lowest BCUT2D eigenvalue weighted by Crippen LogP contribution is -1.88. The first-order valence-corrected chi connectivity index (χ1v) is 5.42. The molecule has 0 aliphatic carbocycles. The molecule has 0 atom stereocenters. The highest BCUT2D eigenvalue weighted by atomic mass is 35.5. The van der Waals surface area contributed by atoms with Gasteiger partial charge in [0, 0.05) is 10.7 Å². The van der Waals surface area contributed by atoms with Crippen LogP contribution in [-0.4, -0.2) is 0 Å². The van der Waals surface area contributed by atoms with Gasteiger partial charge < -0.3 is 5.73 Å². The quantitative estimate of drug-likeness (QED) is 0.609. The Morgan fingerprint density at radius 1 is 0.938 bits per heavy atom. The zero-order chi connectivity index (χ0) is 11.4. The van der Waals surface area contributed by atoms with Crippen molar-refractivity contribution in [3.8, 4) is 0 Å². The molecule has 2 heteroatoms. The van der Waals surface area contributed by atoms with Gasteiger partial charge in [-0.25, -0.2) is 0 Å². The molecule has 0 aliphatic rings. The van der Waals surface area contributed by atoms with Gasteiger partial charge in [0.1, 0.15) is 0 Å². The second kappa shape index (κ2) is 4.86. The average Bonchev–Trinajstić information content (AvgIpc) is 2.32. The predicted octanol–water partition coefficient (Wildman–Crippen LogP) is 4.09. The summed E-state index contributed by atoms with van der Waals surface area (Å²) in [5.41, 5.74) is 8.66. The van der Waals surface area contributed by atoms with Crippen molar-refractivity contribution in [2.45, 2.75) is 0 Å². The van der Waals surface area contributed by atoms with Gasteiger partial charge in [0.15, 0.2) is 0 Å². The Labute approximate surface area is 100 Å². The maximum Gasteiger partial charge on any atom is 0.0413 e. The first kappa shape index (κ1) is 10.8. The summed E-state index contributed by atoms with van der Waals surface area (Å²) in [5.74, 6) is 0. The molecule has 0 heterocycles. The van der Waals surface area contributed by atoms with Crippen LogP contribution in [0.3, 0.4) is 0 Å². The Morgan fingerprint density at radius 2 is 1.69 bits per heavy atom. The van der Waals surface area contributed by atoms with E-state index in [1.165, 1.54) is 0 Å². The molecule has 0 fully saturated rings. The van der Waals surface area contributed by atoms with Crippen molar-refractivity contribution >= 4 is 29.4 Å². The third-order valence-corrected chi connectivity index (χ3v) is 2.54. The third-order valence-electron chi connectivity index (χ3n) is 2.30. The number of benzene rings is 2. The minimum Gasteiger partial charge on any atom is -0.398 e. The molecule has 0 radical (unpaired) electrons. The smallest absolute Gasteiger partial charge is 0.0413 e. The molecule has 0 saturated heterocycles. The van der Waals surface area contributed by atoms with Crippen molar-refractivity contribution in [1.29, 1.82) is 0 Å². The summed E-state index contributed by atoms with van der Waals surface area (Å²) < 4.78 is 0. The van der Waals surface area contributed by atoms with Gasteiger partial charge in [0.2, 0.25) is 0 Å². The molecule has 0 saturated carbocycles. The molecule has 2 rings (SSSR count). The van der Waals surface area contributed by atoms with E-state index in [9.17, 15) is 0 Å². The number of anilines is 1. The number of nitrogens with two attached hydrogens (primary N) is 1. The number of hydrogen-bond acceptors (Lipinski definition) is 1. The second-order valence-corrected chi connectivity index (χ2v) is 3.95. The topological polar surface area (TPSA) is 26.0 Å². The molecule has 16 heavy (non-hydrogen) atoms. The monoisotopic (exact) mass is 229 g/mol. The van der Waals surface area contributed by atoms with Crippen LogP contribution in [0.4, 0.5) is 5.69 Å². The van der Waals surface area contributed by atoms with Crippen LogP contribution in [0, 0.1) is 0 Å². The van der Waals surface area contributed by atoms with E-state index in [1.807, 2.05) is 54.6 Å². The van der Waals surface area contributed by atoms with Gasteiger partial charge in [0.05, 0.1) is 0 Å². The lowest BCUT2D eigenvalue weighted by molar-refractivity contribution is 1.63. The van der Waals surface area contributed by atoms with E-state index in [1.54, 1.807) is 6.07 Å². The van der Waals surface area contributed by atoms with E-state index >= 15 is 0 Å². The molecule has 0 amide bonds. The van der Waals surface area contributed by atoms with Crippen molar-refractivity contribution < 1.29 is 0 Å². The van der Waals surface area contributed by atoms with Crippen LogP contribution >= 0.6 is 11.6 Å². The highest BCUT2D eigenvalue weighted by Gasteiger charge is 1.95. The van der Waals surface area contributed by atoms with Crippen molar-refractivity contribution in [2.75, 3.05) is 5.73 Å². The lowest BCUT2D eigenvalue weighted by Gasteiger charge is -2.00. The van der Waals surface area contributed by atoms with Crippen molar-refractivity contribution in [3.05, 3.63) is 64.7 Å². The van der Waals surface area contributed by atoms with E-state index in [0.29, 0.717) is 5.02 Å². The summed E-state index contributed by atoms with van der Waals surface area (Å²) in [5, 5.41) is 0.696. The second-order valence-electron chi connectivity index (χ2n) is 3.52. The first-order chi connectivity index (χ1) is 7.75. The number of nitrogen functional groups attached to an aromatic ring is 1. The van der Waals surface area contributed by atoms with Crippen LogP contribution in [0.2, 0.25) is 5.02 Å². The molecule has 2 N–H and O–H groups in total. The fraction of sp³-hybridized carbons (Fsp3) is 0. The van der Waals surface area contributed by atoms with Gasteiger partial charge >= 0.3 is 0 Å². The van der Waals surface area contributed by atoms with Gasteiger partial charge in [-0.2, -0.15) is 0 Å². The highest BCUT2D eigenvalue weighted by molar-refractivity contribution is 6.30. The Balaban J connectivity index is 2.27. The normalized spacial score (nSPS) is 10.8. The van der Waals surface area contributed by atoms with Crippen LogP contribution in [-0.2, 0) is 0 Å². The first-order valence-electron chi connectivity index (χ1n) is 5.04. The summed E-state index contributed by atoms with van der Waals surface area (Å²) in [6.45, 7) is 0.